The molecular formula is C18H18N2O3S. The Hall–Kier alpha value is -2.44. The molecule has 0 radical (unpaired) electrons. The summed E-state index contributed by atoms with van der Waals surface area (Å²) < 4.78 is 7.58. The summed E-state index contributed by atoms with van der Waals surface area (Å²) in [5, 5.41) is 12.1. The highest BCUT2D eigenvalue weighted by Gasteiger charge is 2.18. The standard InChI is InChI=1S/C18H18N2O3S/c1-12-9-15(13(2)20(12)18-19-7-8-24-18)16(22)11-23-17-6-4-3-5-14(17)10-21/h3-9,21H,10-11H2,1-2H3. The van der Waals surface area contributed by atoms with Crippen molar-refractivity contribution >= 4 is 17.1 Å². The molecule has 1 aromatic carbocycles. The predicted octanol–water partition coefficient (Wildman–Crippen LogP) is 3.30. The van der Waals surface area contributed by atoms with Gasteiger partial charge in [0.15, 0.2) is 11.7 Å². The van der Waals surface area contributed by atoms with E-state index in [2.05, 4.69) is 4.98 Å². The third-order valence-electron chi connectivity index (χ3n) is 3.84. The SMILES string of the molecule is Cc1cc(C(=O)COc2ccccc2CO)c(C)n1-c1nccs1. The second-order valence-corrected chi connectivity index (χ2v) is 6.29. The van der Waals surface area contributed by atoms with Gasteiger partial charge >= 0.3 is 0 Å². The van der Waals surface area contributed by atoms with Gasteiger partial charge in [-0.1, -0.05) is 18.2 Å². The van der Waals surface area contributed by atoms with Gasteiger partial charge in [-0.2, -0.15) is 0 Å². The van der Waals surface area contributed by atoms with E-state index in [-0.39, 0.29) is 19.0 Å². The summed E-state index contributed by atoms with van der Waals surface area (Å²) in [4.78, 5) is 16.9. The number of aryl methyl sites for hydroxylation is 1. The molecule has 0 unspecified atom stereocenters. The summed E-state index contributed by atoms with van der Waals surface area (Å²) in [6.07, 6.45) is 1.75. The van der Waals surface area contributed by atoms with E-state index in [0.717, 1.165) is 16.5 Å². The highest BCUT2D eigenvalue weighted by molar-refractivity contribution is 7.12. The van der Waals surface area contributed by atoms with Gasteiger partial charge in [0.25, 0.3) is 0 Å². The first-order chi connectivity index (χ1) is 11.6. The number of aromatic nitrogens is 2. The van der Waals surface area contributed by atoms with Crippen molar-refractivity contribution in [3.63, 3.8) is 0 Å². The number of hydrogen-bond donors (Lipinski definition) is 1. The lowest BCUT2D eigenvalue weighted by Gasteiger charge is -2.09. The second-order valence-electron chi connectivity index (χ2n) is 5.41. The van der Waals surface area contributed by atoms with Crippen molar-refractivity contribution in [3.05, 3.63) is 64.4 Å². The van der Waals surface area contributed by atoms with Gasteiger partial charge < -0.3 is 9.84 Å². The fourth-order valence-corrected chi connectivity index (χ4v) is 3.41. The van der Waals surface area contributed by atoms with Crippen molar-refractivity contribution < 1.29 is 14.6 Å². The van der Waals surface area contributed by atoms with Gasteiger partial charge in [-0.3, -0.25) is 9.36 Å². The maximum atomic E-state index is 12.6. The maximum Gasteiger partial charge on any atom is 0.202 e. The lowest BCUT2D eigenvalue weighted by molar-refractivity contribution is 0.0919. The van der Waals surface area contributed by atoms with Gasteiger partial charge in [-0.05, 0) is 26.0 Å². The van der Waals surface area contributed by atoms with E-state index in [1.807, 2.05) is 42.0 Å². The summed E-state index contributed by atoms with van der Waals surface area (Å²) >= 11 is 1.53. The van der Waals surface area contributed by atoms with E-state index in [1.54, 1.807) is 18.3 Å². The van der Waals surface area contributed by atoms with Crippen molar-refractivity contribution in [1.82, 2.24) is 9.55 Å². The van der Waals surface area contributed by atoms with E-state index in [1.165, 1.54) is 11.3 Å². The average Bonchev–Trinajstić information content (AvgIpc) is 3.20. The Labute approximate surface area is 144 Å². The largest absolute Gasteiger partial charge is 0.485 e. The molecule has 0 bridgehead atoms. The van der Waals surface area contributed by atoms with Gasteiger partial charge in [0.2, 0.25) is 5.78 Å². The van der Waals surface area contributed by atoms with Crippen molar-refractivity contribution in [2.75, 3.05) is 6.61 Å². The van der Waals surface area contributed by atoms with Crippen molar-refractivity contribution in [2.24, 2.45) is 0 Å². The number of aliphatic hydroxyl groups is 1. The molecule has 1 N–H and O–H groups in total. The molecule has 124 valence electrons. The second kappa shape index (κ2) is 6.98. The van der Waals surface area contributed by atoms with Gasteiger partial charge in [0.05, 0.1) is 6.61 Å². The van der Waals surface area contributed by atoms with Crippen LogP contribution in [0.2, 0.25) is 0 Å². The van der Waals surface area contributed by atoms with Gasteiger partial charge in [-0.15, -0.1) is 11.3 Å². The quantitative estimate of drug-likeness (QED) is 0.698. The Morgan fingerprint density at radius 2 is 2.12 bits per heavy atom. The van der Waals surface area contributed by atoms with Gasteiger partial charge in [0.1, 0.15) is 5.75 Å². The van der Waals surface area contributed by atoms with Crippen LogP contribution in [0.25, 0.3) is 5.13 Å². The zero-order valence-electron chi connectivity index (χ0n) is 13.5. The molecule has 3 aromatic rings. The molecule has 0 aliphatic rings. The van der Waals surface area contributed by atoms with E-state index in [4.69, 9.17) is 4.74 Å². The lowest BCUT2D eigenvalue weighted by Crippen LogP contribution is -2.13. The van der Waals surface area contributed by atoms with Crippen LogP contribution in [0, 0.1) is 13.8 Å². The molecule has 2 heterocycles. The summed E-state index contributed by atoms with van der Waals surface area (Å²) in [5.74, 6) is 0.431. The molecule has 0 aliphatic heterocycles. The minimum Gasteiger partial charge on any atom is -0.485 e. The van der Waals surface area contributed by atoms with Crippen LogP contribution in [0.15, 0.2) is 41.9 Å². The highest BCUT2D eigenvalue weighted by Crippen LogP contribution is 2.23. The van der Waals surface area contributed by atoms with Crippen LogP contribution in [-0.4, -0.2) is 27.0 Å². The molecule has 0 spiro atoms. The van der Waals surface area contributed by atoms with Crippen molar-refractivity contribution in [2.45, 2.75) is 20.5 Å². The molecule has 0 saturated carbocycles. The first-order valence-corrected chi connectivity index (χ1v) is 8.43. The van der Waals surface area contributed by atoms with E-state index in [0.29, 0.717) is 16.9 Å². The number of ketones is 1. The third-order valence-corrected chi connectivity index (χ3v) is 4.60. The Morgan fingerprint density at radius 1 is 1.33 bits per heavy atom. The summed E-state index contributed by atoms with van der Waals surface area (Å²) in [7, 11) is 0. The molecule has 6 heteroatoms. The van der Waals surface area contributed by atoms with Crippen LogP contribution in [0.4, 0.5) is 0 Å². The lowest BCUT2D eigenvalue weighted by atomic mass is 10.1. The normalized spacial score (nSPS) is 10.8. The number of carbonyl (C=O) groups is 1. The van der Waals surface area contributed by atoms with Crippen LogP contribution >= 0.6 is 11.3 Å². The average molecular weight is 342 g/mol. The Bertz CT molecular complexity index is 853. The molecule has 24 heavy (non-hydrogen) atoms. The third kappa shape index (κ3) is 3.11. The van der Waals surface area contributed by atoms with Crippen molar-refractivity contribution in [1.29, 1.82) is 0 Å². The zero-order valence-corrected chi connectivity index (χ0v) is 14.3. The van der Waals surface area contributed by atoms with Crippen LogP contribution in [0.5, 0.6) is 5.75 Å². The van der Waals surface area contributed by atoms with Crippen LogP contribution in [-0.2, 0) is 6.61 Å². The van der Waals surface area contributed by atoms with E-state index in [9.17, 15) is 9.90 Å². The van der Waals surface area contributed by atoms with E-state index >= 15 is 0 Å². The Kier molecular flexibility index (Phi) is 4.78. The number of Topliss-reactive ketones (excluding diaryl/α,β-unsaturated/α-hetero) is 1. The summed E-state index contributed by atoms with van der Waals surface area (Å²) in [6, 6.07) is 9.02. The highest BCUT2D eigenvalue weighted by atomic mass is 32.1. The minimum absolute atomic E-state index is 0.0703. The van der Waals surface area contributed by atoms with Crippen LogP contribution < -0.4 is 4.74 Å². The number of rotatable bonds is 6. The zero-order chi connectivity index (χ0) is 17.1. The number of nitrogens with zero attached hydrogens (tertiary/aromatic N) is 2. The molecular weight excluding hydrogens is 324 g/mol. The first-order valence-electron chi connectivity index (χ1n) is 7.55. The summed E-state index contributed by atoms with van der Waals surface area (Å²) in [5.41, 5.74) is 3.11. The smallest absolute Gasteiger partial charge is 0.202 e. The van der Waals surface area contributed by atoms with Crippen molar-refractivity contribution in [3.8, 4) is 10.9 Å². The minimum atomic E-state index is -0.122. The number of benzene rings is 1. The van der Waals surface area contributed by atoms with E-state index < -0.39 is 0 Å². The number of para-hydroxylation sites is 1. The predicted molar refractivity (Wildman–Crippen MR) is 93.1 cm³/mol. The number of thiazole rings is 1. The van der Waals surface area contributed by atoms with Crippen LogP contribution in [0.1, 0.15) is 27.3 Å². The number of hydrogen-bond acceptors (Lipinski definition) is 5. The molecule has 5 nitrogen and oxygen atoms in total. The summed E-state index contributed by atoms with van der Waals surface area (Å²) in [6.45, 7) is 3.67. The molecule has 0 aliphatic carbocycles. The topological polar surface area (TPSA) is 64.3 Å². The fourth-order valence-electron chi connectivity index (χ4n) is 2.66. The Balaban J connectivity index is 1.80. The monoisotopic (exact) mass is 342 g/mol. The maximum absolute atomic E-state index is 12.6. The van der Waals surface area contributed by atoms with Gasteiger partial charge in [0, 0.05) is 34.1 Å². The number of ether oxygens (including phenoxy) is 1. The van der Waals surface area contributed by atoms with Crippen LogP contribution in [0.3, 0.4) is 0 Å². The Morgan fingerprint density at radius 3 is 2.83 bits per heavy atom. The number of aliphatic hydroxyl groups excluding tert-OH is 1. The molecule has 0 saturated heterocycles. The molecule has 0 fully saturated rings. The molecule has 0 amide bonds. The number of carbonyl (C=O) groups excluding carboxylic acids is 1. The molecule has 2 aromatic heterocycles. The molecule has 3 rings (SSSR count). The molecule has 0 atom stereocenters. The first kappa shape index (κ1) is 16.4. The fraction of sp³-hybridized carbons (Fsp3) is 0.222. The van der Waals surface area contributed by atoms with Gasteiger partial charge in [-0.25, -0.2) is 4.98 Å².